The largest absolute Gasteiger partial charge is 0.309 e. The molecule has 0 atom stereocenters. The van der Waals surface area contributed by atoms with E-state index in [1.165, 1.54) is 60.3 Å². The third-order valence-electron chi connectivity index (χ3n) is 12.2. The normalized spacial score (nSPS) is 13.2. The Bertz CT molecular complexity index is 3410. The van der Waals surface area contributed by atoms with Gasteiger partial charge in [-0.2, -0.15) is 0 Å². The number of nitrogens with zero attached hydrogens (tertiary/aromatic N) is 4. The maximum atomic E-state index is 5.28. The molecule has 0 saturated carbocycles. The van der Waals surface area contributed by atoms with Crippen LogP contribution >= 0.6 is 0 Å². The molecule has 0 radical (unpaired) electrons. The fourth-order valence-corrected chi connectivity index (χ4v) is 9.86. The van der Waals surface area contributed by atoms with Gasteiger partial charge in [0.15, 0.2) is 5.82 Å². The second-order valence-electron chi connectivity index (χ2n) is 15.7. The number of hydrogen-bond acceptors (Lipinski definition) is 2. The van der Waals surface area contributed by atoms with Gasteiger partial charge in [-0.3, -0.25) is 0 Å². The smallest absolute Gasteiger partial charge is 0.160 e. The van der Waals surface area contributed by atoms with Gasteiger partial charge in [-0.15, -0.1) is 0 Å². The lowest BCUT2D eigenvalue weighted by atomic mass is 9.80. The van der Waals surface area contributed by atoms with E-state index in [0.717, 1.165) is 50.4 Å². The van der Waals surface area contributed by atoms with Crippen LogP contribution in [0.5, 0.6) is 0 Å². The first kappa shape index (κ1) is 32.0. The van der Waals surface area contributed by atoms with Crippen molar-refractivity contribution in [2.75, 3.05) is 0 Å². The van der Waals surface area contributed by atoms with Crippen LogP contribution in [-0.4, -0.2) is 19.1 Å². The van der Waals surface area contributed by atoms with Crippen molar-refractivity contribution in [1.29, 1.82) is 0 Å². The minimum Gasteiger partial charge on any atom is -0.309 e. The van der Waals surface area contributed by atoms with Gasteiger partial charge in [-0.1, -0.05) is 153 Å². The van der Waals surface area contributed by atoms with E-state index in [2.05, 4.69) is 187 Å². The van der Waals surface area contributed by atoms with E-state index >= 15 is 0 Å². The zero-order valence-electron chi connectivity index (χ0n) is 31.6. The van der Waals surface area contributed by atoms with Gasteiger partial charge in [-0.05, 0) is 59.2 Å². The van der Waals surface area contributed by atoms with Crippen molar-refractivity contribution in [1.82, 2.24) is 19.1 Å². The van der Waals surface area contributed by atoms with E-state index in [-0.39, 0.29) is 5.41 Å². The average Bonchev–Trinajstić information content (AvgIpc) is 3.87. The monoisotopic (exact) mass is 728 g/mol. The highest BCUT2D eigenvalue weighted by Gasteiger charge is 2.41. The number of para-hydroxylation sites is 3. The van der Waals surface area contributed by atoms with Crippen LogP contribution in [0, 0.1) is 0 Å². The van der Waals surface area contributed by atoms with Gasteiger partial charge in [-0.25, -0.2) is 9.97 Å². The van der Waals surface area contributed by atoms with E-state index in [1.807, 2.05) is 18.2 Å². The highest BCUT2D eigenvalue weighted by atomic mass is 15.0. The quantitative estimate of drug-likeness (QED) is 0.181. The van der Waals surface area contributed by atoms with Crippen LogP contribution in [0.4, 0.5) is 0 Å². The molecule has 0 fully saturated rings. The Kier molecular flexibility index (Phi) is 6.65. The van der Waals surface area contributed by atoms with Crippen molar-refractivity contribution in [2.45, 2.75) is 19.3 Å². The third kappa shape index (κ3) is 4.44. The van der Waals surface area contributed by atoms with Gasteiger partial charge in [0.25, 0.3) is 0 Å². The Balaban J connectivity index is 1.28. The molecule has 3 aromatic heterocycles. The molecule has 0 N–H and O–H groups in total. The van der Waals surface area contributed by atoms with Crippen LogP contribution in [0.2, 0.25) is 0 Å². The van der Waals surface area contributed by atoms with E-state index in [0.29, 0.717) is 0 Å². The number of hydrogen-bond donors (Lipinski definition) is 0. The average molecular weight is 729 g/mol. The summed E-state index contributed by atoms with van der Waals surface area (Å²) in [6.07, 6.45) is 0. The van der Waals surface area contributed by atoms with Gasteiger partial charge in [0, 0.05) is 60.4 Å². The molecule has 4 nitrogen and oxygen atoms in total. The summed E-state index contributed by atoms with van der Waals surface area (Å²) in [5.74, 6) is 0.722. The second-order valence-corrected chi connectivity index (χ2v) is 15.7. The predicted molar refractivity (Wildman–Crippen MR) is 237 cm³/mol. The summed E-state index contributed by atoms with van der Waals surface area (Å²) in [4.78, 5) is 10.5. The lowest BCUT2D eigenvalue weighted by Gasteiger charge is -2.23. The molecule has 1 aliphatic rings. The summed E-state index contributed by atoms with van der Waals surface area (Å²) < 4.78 is 5.03. The van der Waals surface area contributed by atoms with Gasteiger partial charge in [0.05, 0.1) is 33.3 Å². The van der Waals surface area contributed by atoms with Gasteiger partial charge in [0.1, 0.15) is 0 Å². The number of benzene rings is 8. The highest BCUT2D eigenvalue weighted by Crippen LogP contribution is 2.58. The molecule has 1 aliphatic carbocycles. The van der Waals surface area contributed by atoms with Crippen molar-refractivity contribution in [2.24, 2.45) is 0 Å². The summed E-state index contributed by atoms with van der Waals surface area (Å²) in [6.45, 7) is 4.82. The highest BCUT2D eigenvalue weighted by molar-refractivity contribution is 6.31. The Labute approximate surface area is 329 Å². The fourth-order valence-electron chi connectivity index (χ4n) is 9.86. The van der Waals surface area contributed by atoms with E-state index in [4.69, 9.17) is 9.97 Å². The molecular weight excluding hydrogens is 693 g/mol. The van der Waals surface area contributed by atoms with Crippen molar-refractivity contribution in [3.05, 3.63) is 193 Å². The Morgan fingerprint density at radius 1 is 0.456 bits per heavy atom. The Hall–Kier alpha value is -7.30. The van der Waals surface area contributed by atoms with E-state index in [9.17, 15) is 0 Å². The first-order valence-electron chi connectivity index (χ1n) is 19.7. The topological polar surface area (TPSA) is 35.6 Å². The summed E-state index contributed by atoms with van der Waals surface area (Å²) in [5.41, 5.74) is 16.0. The molecule has 11 aromatic rings. The molecular formula is C53H36N4. The van der Waals surface area contributed by atoms with Crippen LogP contribution in [-0.2, 0) is 5.41 Å². The van der Waals surface area contributed by atoms with Gasteiger partial charge < -0.3 is 9.13 Å². The van der Waals surface area contributed by atoms with Crippen LogP contribution in [0.25, 0.3) is 99.7 Å². The minimum atomic E-state index is -0.253. The first-order chi connectivity index (χ1) is 28.1. The summed E-state index contributed by atoms with van der Waals surface area (Å²) in [7, 11) is 0. The van der Waals surface area contributed by atoms with Crippen molar-refractivity contribution >= 4 is 54.5 Å². The van der Waals surface area contributed by atoms with Gasteiger partial charge >= 0.3 is 0 Å². The second kappa shape index (κ2) is 11.8. The molecule has 268 valence electrons. The zero-order valence-corrected chi connectivity index (χ0v) is 31.6. The third-order valence-corrected chi connectivity index (χ3v) is 12.2. The molecule has 0 spiro atoms. The van der Waals surface area contributed by atoms with Crippen LogP contribution in [0.1, 0.15) is 25.0 Å². The van der Waals surface area contributed by atoms with Crippen LogP contribution in [0.15, 0.2) is 182 Å². The minimum absolute atomic E-state index is 0.253. The van der Waals surface area contributed by atoms with Crippen molar-refractivity contribution in [3.8, 4) is 45.1 Å². The van der Waals surface area contributed by atoms with E-state index < -0.39 is 0 Å². The van der Waals surface area contributed by atoms with Gasteiger partial charge in [0.2, 0.25) is 0 Å². The molecule has 0 aliphatic heterocycles. The maximum absolute atomic E-state index is 5.28. The SMILES string of the molecule is CC1(C)c2ccccc2-c2c1c1c3ccccc3n(-c3ccccc3)c1c1c3ccccc3n(-c3ccc4nc(-c5ccccc5)nc(-c5ccccc5)c4c3)c21. The zero-order chi connectivity index (χ0) is 37.8. The number of rotatable bonds is 4. The molecule has 8 aromatic carbocycles. The first-order valence-corrected chi connectivity index (χ1v) is 19.7. The molecule has 57 heavy (non-hydrogen) atoms. The number of fused-ring (bicyclic) bond motifs is 13. The standard InChI is InChI=1S/C53H36N4/c1-53(2)41-27-15-12-24-37(41)45-48(53)46-38-25-13-16-28-43(38)56(35-22-10-5-11-23-35)51(46)47-39-26-14-17-29-44(39)57(50(45)47)36-30-31-42-40(32-36)49(33-18-6-3-7-19-33)55-52(54-42)34-20-8-4-9-21-34/h3-32H,1-2H3. The van der Waals surface area contributed by atoms with Crippen molar-refractivity contribution in [3.63, 3.8) is 0 Å². The van der Waals surface area contributed by atoms with Crippen LogP contribution in [0.3, 0.4) is 0 Å². The Morgan fingerprint density at radius 3 is 1.75 bits per heavy atom. The van der Waals surface area contributed by atoms with Crippen molar-refractivity contribution < 1.29 is 0 Å². The summed E-state index contributed by atoms with van der Waals surface area (Å²) in [5, 5.41) is 6.10. The van der Waals surface area contributed by atoms with E-state index in [1.54, 1.807) is 0 Å². The molecule has 0 unspecified atom stereocenters. The molecule has 12 rings (SSSR count). The molecule has 0 bridgehead atoms. The fraction of sp³-hybridized carbons (Fsp3) is 0.0566. The lowest BCUT2D eigenvalue weighted by molar-refractivity contribution is 0.667. The Morgan fingerprint density at radius 2 is 1.04 bits per heavy atom. The number of aromatic nitrogens is 4. The summed E-state index contributed by atoms with van der Waals surface area (Å²) in [6, 6.07) is 65.4. The lowest BCUT2D eigenvalue weighted by Crippen LogP contribution is -2.15. The molecule has 0 saturated heterocycles. The molecule has 3 heterocycles. The maximum Gasteiger partial charge on any atom is 0.160 e. The molecule has 4 heteroatoms. The van der Waals surface area contributed by atoms with Crippen LogP contribution < -0.4 is 0 Å². The molecule has 0 amide bonds. The predicted octanol–water partition coefficient (Wildman–Crippen LogP) is 13.5. The summed E-state index contributed by atoms with van der Waals surface area (Å²) >= 11 is 0.